The lowest BCUT2D eigenvalue weighted by molar-refractivity contribution is 0.0694. The molecule has 2 aromatic rings. The van der Waals surface area contributed by atoms with Gasteiger partial charge < -0.3 is 19.9 Å². The lowest BCUT2D eigenvalue weighted by Gasteiger charge is -2.17. The van der Waals surface area contributed by atoms with Gasteiger partial charge in [-0.05, 0) is 39.5 Å². The van der Waals surface area contributed by atoms with Crippen molar-refractivity contribution in [3.63, 3.8) is 0 Å². The van der Waals surface area contributed by atoms with Crippen LogP contribution < -0.4 is 10.7 Å². The minimum atomic E-state index is -1.40. The number of hydrogen-bond donors (Lipinski definition) is 2. The Bertz CT molecular complexity index is 1020. The molecule has 0 bridgehead atoms. The molecule has 1 aromatic carbocycles. The fraction of sp³-hybridized carbons (Fsp3) is 0.630. The summed E-state index contributed by atoms with van der Waals surface area (Å²) in [7, 11) is 3.84. The molecule has 196 valence electrons. The van der Waals surface area contributed by atoms with Crippen LogP contribution in [0.25, 0.3) is 10.9 Å². The molecule has 0 amide bonds. The fourth-order valence-corrected chi connectivity index (χ4v) is 4.36. The van der Waals surface area contributed by atoms with Crippen molar-refractivity contribution in [2.75, 3.05) is 32.5 Å². The summed E-state index contributed by atoms with van der Waals surface area (Å²) < 4.78 is 31.7. The molecule has 0 aliphatic carbocycles. The van der Waals surface area contributed by atoms with Gasteiger partial charge >= 0.3 is 5.97 Å². The van der Waals surface area contributed by atoms with E-state index >= 15 is 4.39 Å². The topological polar surface area (TPSA) is 74.6 Å². The first-order valence-electron chi connectivity index (χ1n) is 12.9. The summed E-state index contributed by atoms with van der Waals surface area (Å²) in [6.45, 7) is 3.69. The van der Waals surface area contributed by atoms with Crippen molar-refractivity contribution in [2.24, 2.45) is 0 Å². The summed E-state index contributed by atoms with van der Waals surface area (Å²) in [5.74, 6) is -3.16. The summed E-state index contributed by atoms with van der Waals surface area (Å²) in [5, 5.41) is 12.0. The second-order valence-corrected chi connectivity index (χ2v) is 9.58. The van der Waals surface area contributed by atoms with Gasteiger partial charge in [0, 0.05) is 19.3 Å². The molecule has 0 fully saturated rings. The van der Waals surface area contributed by atoms with Gasteiger partial charge in [0.1, 0.15) is 17.1 Å². The zero-order valence-electron chi connectivity index (χ0n) is 21.5. The molecule has 2 rings (SSSR count). The first-order valence-corrected chi connectivity index (χ1v) is 12.9. The van der Waals surface area contributed by atoms with E-state index in [1.807, 2.05) is 19.0 Å². The number of aromatic carboxylic acids is 1. The SMILES string of the molecule is CCCCCCCCCCCCn1cc(C(=O)O)c(=O)c2cc(F)c(NCCCN(C)C)c(F)c21. The van der Waals surface area contributed by atoms with Crippen LogP contribution >= 0.6 is 0 Å². The number of fused-ring (bicyclic) bond motifs is 1. The fourth-order valence-electron chi connectivity index (χ4n) is 4.36. The van der Waals surface area contributed by atoms with Gasteiger partial charge in [-0.15, -0.1) is 0 Å². The number of anilines is 1. The van der Waals surface area contributed by atoms with Gasteiger partial charge in [0.15, 0.2) is 5.82 Å². The Kier molecular flexibility index (Phi) is 12.2. The molecule has 0 unspecified atom stereocenters. The highest BCUT2D eigenvalue weighted by atomic mass is 19.1. The van der Waals surface area contributed by atoms with Gasteiger partial charge in [-0.1, -0.05) is 64.7 Å². The third-order valence-corrected chi connectivity index (χ3v) is 6.32. The highest BCUT2D eigenvalue weighted by molar-refractivity contribution is 5.93. The van der Waals surface area contributed by atoms with Crippen molar-refractivity contribution in [3.8, 4) is 0 Å². The monoisotopic (exact) mass is 493 g/mol. The molecule has 8 heteroatoms. The minimum Gasteiger partial charge on any atom is -0.477 e. The predicted molar refractivity (Wildman–Crippen MR) is 139 cm³/mol. The number of carbonyl (C=O) groups is 1. The first-order chi connectivity index (χ1) is 16.8. The lowest BCUT2D eigenvalue weighted by atomic mass is 10.1. The number of carboxylic acid groups (broad SMARTS) is 1. The van der Waals surface area contributed by atoms with E-state index in [9.17, 15) is 19.1 Å². The maximum Gasteiger partial charge on any atom is 0.341 e. The van der Waals surface area contributed by atoms with Crippen molar-refractivity contribution >= 4 is 22.6 Å². The van der Waals surface area contributed by atoms with E-state index < -0.39 is 28.6 Å². The van der Waals surface area contributed by atoms with Crippen LogP contribution in [0.15, 0.2) is 17.1 Å². The quantitative estimate of drug-likeness (QED) is 0.254. The predicted octanol–water partition coefficient (Wildman–Crippen LogP) is 6.26. The van der Waals surface area contributed by atoms with Crippen molar-refractivity contribution in [1.82, 2.24) is 9.47 Å². The van der Waals surface area contributed by atoms with E-state index in [0.29, 0.717) is 19.5 Å². The number of nitrogens with one attached hydrogen (secondary N) is 1. The second kappa shape index (κ2) is 14.8. The molecular weight excluding hydrogens is 452 g/mol. The molecule has 2 N–H and O–H groups in total. The zero-order valence-corrected chi connectivity index (χ0v) is 21.5. The number of benzene rings is 1. The second-order valence-electron chi connectivity index (χ2n) is 9.58. The van der Waals surface area contributed by atoms with Crippen LogP contribution in [0.5, 0.6) is 0 Å². The lowest BCUT2D eigenvalue weighted by Crippen LogP contribution is -2.21. The van der Waals surface area contributed by atoms with E-state index in [0.717, 1.165) is 38.3 Å². The molecule has 0 aliphatic heterocycles. The van der Waals surface area contributed by atoms with Crippen LogP contribution in [0.2, 0.25) is 0 Å². The Morgan fingerprint density at radius 2 is 1.60 bits per heavy atom. The normalized spacial score (nSPS) is 11.5. The first kappa shape index (κ1) is 28.8. The summed E-state index contributed by atoms with van der Waals surface area (Å²) in [5.41, 5.74) is -1.68. The average molecular weight is 494 g/mol. The maximum atomic E-state index is 15.5. The molecule has 0 saturated carbocycles. The maximum absolute atomic E-state index is 15.5. The number of nitrogens with zero attached hydrogens (tertiary/aromatic N) is 2. The van der Waals surface area contributed by atoms with Gasteiger partial charge in [0.2, 0.25) is 5.43 Å². The molecule has 0 atom stereocenters. The van der Waals surface area contributed by atoms with Crippen molar-refractivity contribution in [3.05, 3.63) is 39.7 Å². The number of rotatable bonds is 17. The van der Waals surface area contributed by atoms with Crippen LogP contribution in [-0.2, 0) is 6.54 Å². The number of unbranched alkanes of at least 4 members (excludes halogenated alkanes) is 9. The van der Waals surface area contributed by atoms with Crippen LogP contribution in [0.4, 0.5) is 14.5 Å². The molecular formula is C27H41F2N3O3. The Labute approximate surface area is 207 Å². The van der Waals surface area contributed by atoms with E-state index in [-0.39, 0.29) is 16.6 Å². The Hall–Kier alpha value is -2.48. The van der Waals surface area contributed by atoms with E-state index in [4.69, 9.17) is 0 Å². The molecule has 0 saturated heterocycles. The van der Waals surface area contributed by atoms with Crippen LogP contribution in [-0.4, -0.2) is 47.7 Å². The van der Waals surface area contributed by atoms with E-state index in [1.165, 1.54) is 49.3 Å². The third kappa shape index (κ3) is 8.60. The number of carboxylic acids is 1. The van der Waals surface area contributed by atoms with Crippen LogP contribution in [0, 0.1) is 11.6 Å². The number of aromatic nitrogens is 1. The van der Waals surface area contributed by atoms with Crippen LogP contribution in [0.1, 0.15) is 87.9 Å². The van der Waals surface area contributed by atoms with Gasteiger partial charge in [-0.3, -0.25) is 4.79 Å². The molecule has 1 aromatic heterocycles. The van der Waals surface area contributed by atoms with E-state index in [2.05, 4.69) is 12.2 Å². The molecule has 35 heavy (non-hydrogen) atoms. The Morgan fingerprint density at radius 1 is 1.00 bits per heavy atom. The van der Waals surface area contributed by atoms with Gasteiger partial charge in [-0.25, -0.2) is 13.6 Å². The summed E-state index contributed by atoms with van der Waals surface area (Å²) >= 11 is 0. The third-order valence-electron chi connectivity index (χ3n) is 6.32. The molecule has 0 radical (unpaired) electrons. The molecule has 0 spiro atoms. The summed E-state index contributed by atoms with van der Waals surface area (Å²) in [6, 6.07) is 0.955. The van der Waals surface area contributed by atoms with Crippen LogP contribution in [0.3, 0.4) is 0 Å². The van der Waals surface area contributed by atoms with Crippen molar-refractivity contribution in [2.45, 2.75) is 84.1 Å². The average Bonchev–Trinajstić information content (AvgIpc) is 2.80. The molecule has 1 heterocycles. The van der Waals surface area contributed by atoms with Gasteiger partial charge in [-0.2, -0.15) is 0 Å². The summed E-state index contributed by atoms with van der Waals surface area (Å²) in [4.78, 5) is 26.2. The van der Waals surface area contributed by atoms with Crippen molar-refractivity contribution < 1.29 is 18.7 Å². The highest BCUT2D eigenvalue weighted by Crippen LogP contribution is 2.27. The zero-order chi connectivity index (χ0) is 25.8. The van der Waals surface area contributed by atoms with E-state index in [1.54, 1.807) is 0 Å². The number of halogens is 2. The smallest absolute Gasteiger partial charge is 0.341 e. The Balaban J connectivity index is 2.14. The van der Waals surface area contributed by atoms with Gasteiger partial charge in [0.05, 0.1) is 10.9 Å². The Morgan fingerprint density at radius 3 is 2.17 bits per heavy atom. The molecule has 0 aliphatic rings. The standard InChI is InChI=1S/C27H41F2N3O3/c1-4-5-6-7-8-9-10-11-12-13-17-32-19-21(27(34)35)26(33)20-18-22(28)24(23(29)25(20)32)30-15-14-16-31(2)3/h18-19,30H,4-17H2,1-3H3,(H,34,35). The largest absolute Gasteiger partial charge is 0.477 e. The van der Waals surface area contributed by atoms with Crippen molar-refractivity contribution in [1.29, 1.82) is 0 Å². The number of aryl methyl sites for hydroxylation is 1. The minimum absolute atomic E-state index is 0.0487. The molecule has 6 nitrogen and oxygen atoms in total. The summed E-state index contributed by atoms with van der Waals surface area (Å²) in [6.07, 6.45) is 13.2. The number of hydrogen-bond acceptors (Lipinski definition) is 4. The number of pyridine rings is 1. The highest BCUT2D eigenvalue weighted by Gasteiger charge is 2.22. The van der Waals surface area contributed by atoms with Gasteiger partial charge in [0.25, 0.3) is 0 Å².